The van der Waals surface area contributed by atoms with E-state index in [0.29, 0.717) is 5.56 Å². The van der Waals surface area contributed by atoms with Crippen molar-refractivity contribution in [3.8, 4) is 0 Å². The molecule has 1 atom stereocenters. The molecule has 1 N–H and O–H groups in total. The zero-order chi connectivity index (χ0) is 13.2. The fourth-order valence-electron chi connectivity index (χ4n) is 2.38. The predicted molar refractivity (Wildman–Crippen MR) is 69.3 cm³/mol. The summed E-state index contributed by atoms with van der Waals surface area (Å²) < 4.78 is 12.8. The molecule has 3 rings (SSSR count). The summed E-state index contributed by atoms with van der Waals surface area (Å²) in [6.45, 7) is 0. The van der Waals surface area contributed by atoms with E-state index in [4.69, 9.17) is 0 Å². The third-order valence-electron chi connectivity index (χ3n) is 3.33. The van der Waals surface area contributed by atoms with Crippen molar-refractivity contribution < 1.29 is 9.18 Å². The van der Waals surface area contributed by atoms with Crippen LogP contribution in [0, 0.1) is 5.82 Å². The van der Waals surface area contributed by atoms with E-state index in [-0.39, 0.29) is 17.8 Å². The fourth-order valence-corrected chi connectivity index (χ4v) is 2.38. The minimum absolute atomic E-state index is 0.0717. The number of benzene rings is 1. The maximum atomic E-state index is 12.8. The van der Waals surface area contributed by atoms with Crippen LogP contribution in [0.1, 0.15) is 21.6 Å². The molecule has 3 nitrogen and oxygen atoms in total. The molecule has 1 amide bonds. The van der Waals surface area contributed by atoms with Crippen LogP contribution in [0.25, 0.3) is 0 Å². The Bertz CT molecular complexity index is 585. The first kappa shape index (κ1) is 11.8. The van der Waals surface area contributed by atoms with Crippen LogP contribution >= 0.6 is 0 Å². The van der Waals surface area contributed by atoms with Gasteiger partial charge in [-0.3, -0.25) is 9.78 Å². The van der Waals surface area contributed by atoms with Crippen LogP contribution < -0.4 is 5.32 Å². The Morgan fingerprint density at radius 1 is 1.21 bits per heavy atom. The highest BCUT2D eigenvalue weighted by atomic mass is 19.1. The first-order chi connectivity index (χ1) is 9.22. The van der Waals surface area contributed by atoms with Crippen molar-refractivity contribution in [1.82, 2.24) is 10.3 Å². The molecule has 0 spiro atoms. The lowest BCUT2D eigenvalue weighted by Gasteiger charge is -2.11. The summed E-state index contributed by atoms with van der Waals surface area (Å²) in [5.74, 6) is -0.508. The van der Waals surface area contributed by atoms with E-state index in [2.05, 4.69) is 10.3 Å². The Labute approximate surface area is 110 Å². The minimum Gasteiger partial charge on any atom is -0.349 e. The van der Waals surface area contributed by atoms with Crippen LogP contribution in [0.4, 0.5) is 4.39 Å². The third kappa shape index (κ3) is 2.47. The molecule has 0 saturated carbocycles. The summed E-state index contributed by atoms with van der Waals surface area (Å²) >= 11 is 0. The van der Waals surface area contributed by atoms with Gasteiger partial charge >= 0.3 is 0 Å². The topological polar surface area (TPSA) is 42.0 Å². The summed E-state index contributed by atoms with van der Waals surface area (Å²) in [4.78, 5) is 16.3. The highest BCUT2D eigenvalue weighted by molar-refractivity contribution is 5.94. The van der Waals surface area contributed by atoms with Gasteiger partial charge in [-0.25, -0.2) is 4.39 Å². The average Bonchev–Trinajstić information content (AvgIpc) is 2.81. The summed E-state index contributed by atoms with van der Waals surface area (Å²) in [5, 5.41) is 2.96. The number of nitrogens with zero attached hydrogens (tertiary/aromatic N) is 1. The second-order valence-electron chi connectivity index (χ2n) is 4.69. The highest BCUT2D eigenvalue weighted by Crippen LogP contribution is 2.19. The number of amides is 1. The van der Waals surface area contributed by atoms with Crippen LogP contribution in [-0.4, -0.2) is 16.9 Å². The SMILES string of the molecule is O=C(N[C@H]1Cc2cccnc2C1)c1ccc(F)cc1. The Morgan fingerprint density at radius 3 is 2.74 bits per heavy atom. The van der Waals surface area contributed by atoms with Crippen molar-refractivity contribution in [2.24, 2.45) is 0 Å². The third-order valence-corrected chi connectivity index (χ3v) is 3.33. The number of nitrogens with one attached hydrogen (secondary N) is 1. The number of hydrogen-bond acceptors (Lipinski definition) is 2. The molecule has 19 heavy (non-hydrogen) atoms. The van der Waals surface area contributed by atoms with E-state index in [1.807, 2.05) is 12.1 Å². The predicted octanol–water partition coefficient (Wildman–Crippen LogP) is 2.12. The van der Waals surface area contributed by atoms with Gasteiger partial charge in [0.25, 0.3) is 5.91 Å². The molecule has 2 aromatic rings. The lowest BCUT2D eigenvalue weighted by molar-refractivity contribution is 0.0938. The van der Waals surface area contributed by atoms with E-state index >= 15 is 0 Å². The number of rotatable bonds is 2. The van der Waals surface area contributed by atoms with Crippen molar-refractivity contribution in [3.63, 3.8) is 0 Å². The normalized spacial score (nSPS) is 17.0. The molecule has 0 radical (unpaired) electrons. The quantitative estimate of drug-likeness (QED) is 0.894. The Hall–Kier alpha value is -2.23. The van der Waals surface area contributed by atoms with Gasteiger partial charge in [0.1, 0.15) is 5.82 Å². The highest BCUT2D eigenvalue weighted by Gasteiger charge is 2.23. The summed E-state index contributed by atoms with van der Waals surface area (Å²) in [6, 6.07) is 9.58. The number of carbonyl (C=O) groups is 1. The zero-order valence-corrected chi connectivity index (χ0v) is 10.3. The first-order valence-electron chi connectivity index (χ1n) is 6.21. The van der Waals surface area contributed by atoms with Crippen LogP contribution in [0.3, 0.4) is 0 Å². The van der Waals surface area contributed by atoms with E-state index in [0.717, 1.165) is 18.5 Å². The maximum Gasteiger partial charge on any atom is 0.251 e. The van der Waals surface area contributed by atoms with Gasteiger partial charge in [-0.2, -0.15) is 0 Å². The van der Waals surface area contributed by atoms with Crippen molar-refractivity contribution in [2.45, 2.75) is 18.9 Å². The van der Waals surface area contributed by atoms with Crippen molar-refractivity contribution in [3.05, 3.63) is 65.2 Å². The van der Waals surface area contributed by atoms with Gasteiger partial charge in [0.05, 0.1) is 0 Å². The molecule has 0 fully saturated rings. The monoisotopic (exact) mass is 256 g/mol. The van der Waals surface area contributed by atoms with Crippen molar-refractivity contribution in [2.75, 3.05) is 0 Å². The summed E-state index contributed by atoms with van der Waals surface area (Å²) in [7, 11) is 0. The van der Waals surface area contributed by atoms with Crippen molar-refractivity contribution >= 4 is 5.91 Å². The molecule has 1 aliphatic rings. The van der Waals surface area contributed by atoms with Gasteiger partial charge in [-0.15, -0.1) is 0 Å². The fraction of sp³-hybridized carbons (Fsp3) is 0.200. The molecule has 1 aliphatic carbocycles. The first-order valence-corrected chi connectivity index (χ1v) is 6.21. The van der Waals surface area contributed by atoms with E-state index in [9.17, 15) is 9.18 Å². The number of pyridine rings is 1. The molecule has 0 bridgehead atoms. The second-order valence-corrected chi connectivity index (χ2v) is 4.69. The smallest absolute Gasteiger partial charge is 0.251 e. The summed E-state index contributed by atoms with van der Waals surface area (Å²) in [5.41, 5.74) is 2.71. The van der Waals surface area contributed by atoms with E-state index in [1.165, 1.54) is 29.8 Å². The molecular formula is C15H13FN2O. The molecule has 96 valence electrons. The van der Waals surface area contributed by atoms with Gasteiger partial charge in [0, 0.05) is 29.9 Å². The standard InChI is InChI=1S/C15H13FN2O/c16-12-5-3-10(4-6-12)15(19)18-13-8-11-2-1-7-17-14(11)9-13/h1-7,13H,8-9H2,(H,18,19)/t13-/m0/s1. The number of halogens is 1. The molecule has 4 heteroatoms. The van der Waals surface area contributed by atoms with Crippen LogP contribution in [-0.2, 0) is 12.8 Å². The second kappa shape index (κ2) is 4.80. The van der Waals surface area contributed by atoms with Gasteiger partial charge in [-0.05, 0) is 42.3 Å². The Morgan fingerprint density at radius 2 is 2.00 bits per heavy atom. The number of hydrogen-bond donors (Lipinski definition) is 1. The van der Waals surface area contributed by atoms with Gasteiger partial charge < -0.3 is 5.32 Å². The lowest BCUT2D eigenvalue weighted by atomic mass is 10.1. The molecule has 0 unspecified atom stereocenters. The van der Waals surface area contributed by atoms with Gasteiger partial charge in [0.2, 0.25) is 0 Å². The zero-order valence-electron chi connectivity index (χ0n) is 10.3. The van der Waals surface area contributed by atoms with E-state index in [1.54, 1.807) is 6.20 Å². The number of fused-ring (bicyclic) bond motifs is 1. The van der Waals surface area contributed by atoms with Crippen LogP contribution in [0.2, 0.25) is 0 Å². The average molecular weight is 256 g/mol. The number of carbonyl (C=O) groups excluding carboxylic acids is 1. The van der Waals surface area contributed by atoms with E-state index < -0.39 is 0 Å². The molecule has 1 aromatic heterocycles. The molecule has 1 heterocycles. The van der Waals surface area contributed by atoms with Crippen LogP contribution in [0.15, 0.2) is 42.6 Å². The maximum absolute atomic E-state index is 12.8. The minimum atomic E-state index is -0.339. The molecule has 0 aliphatic heterocycles. The summed E-state index contributed by atoms with van der Waals surface area (Å²) in [6.07, 6.45) is 3.32. The Balaban J connectivity index is 1.67. The molecule has 0 saturated heterocycles. The lowest BCUT2D eigenvalue weighted by Crippen LogP contribution is -2.35. The molecular weight excluding hydrogens is 243 g/mol. The van der Waals surface area contributed by atoms with Crippen molar-refractivity contribution in [1.29, 1.82) is 0 Å². The number of aromatic nitrogens is 1. The van der Waals surface area contributed by atoms with Crippen LogP contribution in [0.5, 0.6) is 0 Å². The molecule has 1 aromatic carbocycles. The largest absolute Gasteiger partial charge is 0.349 e. The van der Waals surface area contributed by atoms with Gasteiger partial charge in [-0.1, -0.05) is 6.07 Å². The van der Waals surface area contributed by atoms with Gasteiger partial charge in [0.15, 0.2) is 0 Å². The Kier molecular flexibility index (Phi) is 2.99.